The Morgan fingerprint density at radius 3 is 3.16 bits per heavy atom. The first-order chi connectivity index (χ1) is 9.28. The Labute approximate surface area is 125 Å². The van der Waals surface area contributed by atoms with Gasteiger partial charge in [-0.1, -0.05) is 0 Å². The summed E-state index contributed by atoms with van der Waals surface area (Å²) in [5.41, 5.74) is 1.83. The minimum absolute atomic E-state index is 0.275. The van der Waals surface area contributed by atoms with E-state index in [0.717, 1.165) is 53.9 Å². The summed E-state index contributed by atoms with van der Waals surface area (Å²) in [7, 11) is 0. The molecule has 19 heavy (non-hydrogen) atoms. The summed E-state index contributed by atoms with van der Waals surface area (Å²) in [5, 5.41) is 0. The van der Waals surface area contributed by atoms with Crippen molar-refractivity contribution in [2.75, 3.05) is 12.5 Å². The Morgan fingerprint density at radius 2 is 2.42 bits per heavy atom. The zero-order chi connectivity index (χ0) is 13.2. The summed E-state index contributed by atoms with van der Waals surface area (Å²) in [6.45, 7) is 1.68. The van der Waals surface area contributed by atoms with Gasteiger partial charge in [-0.3, -0.25) is 0 Å². The molecule has 1 aliphatic heterocycles. The number of rotatable bonds is 4. The molecule has 0 aromatic carbocycles. The third kappa shape index (κ3) is 2.78. The highest BCUT2D eigenvalue weighted by atomic mass is 79.9. The normalized spacial score (nSPS) is 19.4. The first-order valence-corrected chi connectivity index (χ1v) is 7.79. The van der Waals surface area contributed by atoms with E-state index in [4.69, 9.17) is 16.3 Å². The van der Waals surface area contributed by atoms with Gasteiger partial charge in [0.15, 0.2) is 5.65 Å². The van der Waals surface area contributed by atoms with Gasteiger partial charge in [0, 0.05) is 29.6 Å². The number of nitrogens with zero attached hydrogens (tertiary/aromatic N) is 3. The molecule has 2 aromatic heterocycles. The molecule has 0 amide bonds. The summed E-state index contributed by atoms with van der Waals surface area (Å²) >= 11 is 9.30. The summed E-state index contributed by atoms with van der Waals surface area (Å²) in [5.74, 6) is 1.56. The fourth-order valence-corrected chi connectivity index (χ4v) is 2.98. The maximum atomic E-state index is 5.87. The quantitative estimate of drug-likeness (QED) is 0.800. The van der Waals surface area contributed by atoms with E-state index in [1.54, 1.807) is 6.20 Å². The van der Waals surface area contributed by atoms with Gasteiger partial charge >= 0.3 is 0 Å². The van der Waals surface area contributed by atoms with Gasteiger partial charge in [-0.05, 0) is 34.8 Å². The monoisotopic (exact) mass is 343 g/mol. The maximum absolute atomic E-state index is 5.87. The van der Waals surface area contributed by atoms with E-state index in [0.29, 0.717) is 5.88 Å². The predicted molar refractivity (Wildman–Crippen MR) is 78.6 cm³/mol. The molecule has 6 heteroatoms. The molecule has 3 rings (SSSR count). The van der Waals surface area contributed by atoms with Gasteiger partial charge in [0.1, 0.15) is 11.3 Å². The van der Waals surface area contributed by atoms with Crippen LogP contribution in [-0.4, -0.2) is 33.1 Å². The largest absolute Gasteiger partial charge is 0.376 e. The van der Waals surface area contributed by atoms with Crippen LogP contribution < -0.4 is 0 Å². The Bertz CT molecular complexity index is 581. The lowest BCUT2D eigenvalue weighted by Gasteiger charge is -2.13. The van der Waals surface area contributed by atoms with E-state index in [9.17, 15) is 0 Å². The molecule has 0 saturated carbocycles. The van der Waals surface area contributed by atoms with Crippen LogP contribution in [0.5, 0.6) is 0 Å². The van der Waals surface area contributed by atoms with E-state index >= 15 is 0 Å². The van der Waals surface area contributed by atoms with Crippen LogP contribution in [0.3, 0.4) is 0 Å². The Hall–Kier alpha value is -0.650. The van der Waals surface area contributed by atoms with Crippen molar-refractivity contribution in [1.29, 1.82) is 0 Å². The second-order valence-corrected chi connectivity index (χ2v) is 6.00. The second kappa shape index (κ2) is 5.77. The van der Waals surface area contributed by atoms with Crippen LogP contribution in [0.15, 0.2) is 16.7 Å². The van der Waals surface area contributed by atoms with E-state index in [1.165, 1.54) is 0 Å². The second-order valence-electron chi connectivity index (χ2n) is 4.71. The zero-order valence-corrected chi connectivity index (χ0v) is 12.8. The number of aryl methyl sites for hydroxylation is 1. The molecular formula is C13H15BrClN3O. The van der Waals surface area contributed by atoms with Gasteiger partial charge in [-0.15, -0.1) is 11.6 Å². The van der Waals surface area contributed by atoms with E-state index in [1.807, 2.05) is 6.07 Å². The number of alkyl halides is 1. The molecule has 0 aliphatic carbocycles. The molecule has 1 aliphatic rings. The third-order valence-electron chi connectivity index (χ3n) is 3.36. The molecule has 4 nitrogen and oxygen atoms in total. The van der Waals surface area contributed by atoms with Crippen molar-refractivity contribution in [2.45, 2.75) is 31.9 Å². The highest BCUT2D eigenvalue weighted by Crippen LogP contribution is 2.22. The lowest BCUT2D eigenvalue weighted by atomic mass is 10.2. The average Bonchev–Trinajstić information content (AvgIpc) is 2.99. The first-order valence-electron chi connectivity index (χ1n) is 6.46. The number of aromatic nitrogens is 3. The number of imidazole rings is 1. The highest BCUT2D eigenvalue weighted by molar-refractivity contribution is 9.10. The van der Waals surface area contributed by atoms with Crippen LogP contribution in [0, 0.1) is 0 Å². The van der Waals surface area contributed by atoms with Crippen LogP contribution in [-0.2, 0) is 17.7 Å². The molecule has 2 aromatic rings. The van der Waals surface area contributed by atoms with Crippen LogP contribution in [0.2, 0.25) is 0 Å². The van der Waals surface area contributed by atoms with Crippen molar-refractivity contribution < 1.29 is 4.74 Å². The van der Waals surface area contributed by atoms with Crippen molar-refractivity contribution in [1.82, 2.24) is 14.5 Å². The van der Waals surface area contributed by atoms with Crippen LogP contribution in [0.25, 0.3) is 11.2 Å². The fourth-order valence-electron chi connectivity index (χ4n) is 2.49. The fraction of sp³-hybridized carbons (Fsp3) is 0.538. The van der Waals surface area contributed by atoms with Crippen molar-refractivity contribution in [3.8, 4) is 0 Å². The summed E-state index contributed by atoms with van der Waals surface area (Å²) in [4.78, 5) is 9.12. The molecule has 1 atom stereocenters. The number of halogens is 2. The summed E-state index contributed by atoms with van der Waals surface area (Å²) in [6, 6.07) is 1.99. The van der Waals surface area contributed by atoms with Gasteiger partial charge in [-0.2, -0.15) is 0 Å². The van der Waals surface area contributed by atoms with Gasteiger partial charge in [-0.25, -0.2) is 9.97 Å². The first kappa shape index (κ1) is 13.3. The van der Waals surface area contributed by atoms with Crippen LogP contribution in [0.4, 0.5) is 0 Å². The SMILES string of the molecule is ClCCc1nc2cc(Br)cnc2n1CC1CCCO1. The van der Waals surface area contributed by atoms with Gasteiger partial charge < -0.3 is 9.30 Å². The van der Waals surface area contributed by atoms with Crippen LogP contribution >= 0.6 is 27.5 Å². The minimum Gasteiger partial charge on any atom is -0.376 e. The predicted octanol–water partition coefficient (Wildman–Crippen LogP) is 3.15. The van der Waals surface area contributed by atoms with Crippen molar-refractivity contribution in [3.05, 3.63) is 22.6 Å². The van der Waals surface area contributed by atoms with Crippen LogP contribution in [0.1, 0.15) is 18.7 Å². The van der Waals surface area contributed by atoms with E-state index in [2.05, 4.69) is 30.5 Å². The Kier molecular flexibility index (Phi) is 4.05. The van der Waals surface area contributed by atoms with E-state index in [-0.39, 0.29) is 6.10 Å². The summed E-state index contributed by atoms with van der Waals surface area (Å²) in [6.07, 6.45) is 5.08. The van der Waals surface area contributed by atoms with Gasteiger partial charge in [0.2, 0.25) is 0 Å². The standard InChI is InChI=1S/C13H15BrClN3O/c14-9-6-11-13(16-7-9)18(12(17-11)3-4-15)8-10-2-1-5-19-10/h6-7,10H,1-5,8H2. The lowest BCUT2D eigenvalue weighted by Crippen LogP contribution is -2.17. The van der Waals surface area contributed by atoms with Crippen molar-refractivity contribution in [2.24, 2.45) is 0 Å². The molecule has 0 spiro atoms. The number of hydrogen-bond acceptors (Lipinski definition) is 3. The molecule has 1 unspecified atom stereocenters. The maximum Gasteiger partial charge on any atom is 0.160 e. The Morgan fingerprint density at radius 1 is 1.53 bits per heavy atom. The summed E-state index contributed by atoms with van der Waals surface area (Å²) < 4.78 is 8.81. The number of pyridine rings is 1. The average molecular weight is 345 g/mol. The van der Waals surface area contributed by atoms with Crippen molar-refractivity contribution in [3.63, 3.8) is 0 Å². The third-order valence-corrected chi connectivity index (χ3v) is 3.98. The van der Waals surface area contributed by atoms with Gasteiger partial charge in [0.25, 0.3) is 0 Å². The molecule has 0 radical (unpaired) electrons. The number of fused-ring (bicyclic) bond motifs is 1. The molecule has 0 N–H and O–H groups in total. The molecular weight excluding hydrogens is 330 g/mol. The van der Waals surface area contributed by atoms with Crippen molar-refractivity contribution >= 4 is 38.7 Å². The topological polar surface area (TPSA) is 39.9 Å². The lowest BCUT2D eigenvalue weighted by molar-refractivity contribution is 0.0971. The Balaban J connectivity index is 2.00. The zero-order valence-electron chi connectivity index (χ0n) is 10.5. The molecule has 102 valence electrons. The molecule has 0 bridgehead atoms. The highest BCUT2D eigenvalue weighted by Gasteiger charge is 2.20. The minimum atomic E-state index is 0.275. The van der Waals surface area contributed by atoms with E-state index < -0.39 is 0 Å². The smallest absolute Gasteiger partial charge is 0.160 e. The molecule has 3 heterocycles. The van der Waals surface area contributed by atoms with Gasteiger partial charge in [0.05, 0.1) is 12.6 Å². The number of hydrogen-bond donors (Lipinski definition) is 0. The number of ether oxygens (including phenoxy) is 1. The molecule has 1 fully saturated rings. The molecule has 1 saturated heterocycles.